The molecule has 0 unspecified atom stereocenters. The van der Waals surface area contributed by atoms with Gasteiger partial charge in [-0.15, -0.1) is 0 Å². The molecule has 2 N–H and O–H groups in total. The Labute approximate surface area is 381 Å². The number of esters is 2. The number of rotatable bonds is 16. The highest BCUT2D eigenvalue weighted by Crippen LogP contribution is 2.33. The van der Waals surface area contributed by atoms with E-state index in [9.17, 15) is 24.0 Å². The van der Waals surface area contributed by atoms with Crippen molar-refractivity contribution in [1.29, 1.82) is 0 Å². The van der Waals surface area contributed by atoms with Gasteiger partial charge in [-0.1, -0.05) is 17.4 Å². The highest BCUT2D eigenvalue weighted by molar-refractivity contribution is 7.17. The van der Waals surface area contributed by atoms with Gasteiger partial charge in [-0.3, -0.25) is 14.9 Å². The van der Waals surface area contributed by atoms with Crippen LogP contribution in [0.2, 0.25) is 0 Å². The van der Waals surface area contributed by atoms with E-state index in [1.54, 1.807) is 41.3 Å². The van der Waals surface area contributed by atoms with E-state index in [4.69, 9.17) is 33.5 Å². The van der Waals surface area contributed by atoms with Gasteiger partial charge in [-0.25, -0.2) is 39.3 Å². The second kappa shape index (κ2) is 21.9. The van der Waals surface area contributed by atoms with Crippen molar-refractivity contribution < 1.29 is 62.2 Å². The van der Waals surface area contributed by atoms with Gasteiger partial charge in [0.2, 0.25) is 16.8 Å². The number of likely N-dealkylation sites (tertiary alicyclic amines) is 1. The molecule has 0 aliphatic carbocycles. The van der Waals surface area contributed by atoms with E-state index in [1.165, 1.54) is 69.5 Å². The summed E-state index contributed by atoms with van der Waals surface area (Å²) in [5.74, 6) is -0.764. The minimum atomic E-state index is -1.07. The molecule has 2 amide bonds. The molecule has 0 bridgehead atoms. The van der Waals surface area contributed by atoms with E-state index in [2.05, 4.69) is 35.0 Å². The third-order valence-corrected chi connectivity index (χ3v) is 9.44. The molecular weight excluding hydrogens is 879 g/mol. The van der Waals surface area contributed by atoms with Crippen LogP contribution in [0.15, 0.2) is 91.6 Å². The molecule has 0 spiro atoms. The Kier molecular flexibility index (Phi) is 15.7. The summed E-state index contributed by atoms with van der Waals surface area (Å²) in [6.07, 6.45) is 7.38. The fourth-order valence-electron chi connectivity index (χ4n) is 5.63. The summed E-state index contributed by atoms with van der Waals surface area (Å²) in [6.45, 7) is 8.86. The smallest absolute Gasteiger partial charge is 0.358 e. The average molecular weight is 922 g/mol. The second-order valence-electron chi connectivity index (χ2n) is 14.4. The number of carbonyl (C=O) groups excluding carboxylic acids is 4. The summed E-state index contributed by atoms with van der Waals surface area (Å²) in [5, 5.41) is 12.5. The molecule has 0 radical (unpaired) electrons. The van der Waals surface area contributed by atoms with E-state index < -0.39 is 23.8 Å². The highest BCUT2D eigenvalue weighted by atomic mass is 32.1. The van der Waals surface area contributed by atoms with Gasteiger partial charge >= 0.3 is 17.9 Å². The van der Waals surface area contributed by atoms with Crippen LogP contribution >= 0.6 is 11.3 Å². The molecule has 66 heavy (non-hydrogen) atoms. The summed E-state index contributed by atoms with van der Waals surface area (Å²) in [4.78, 5) is 81.9. The normalized spacial score (nSPS) is 11.6. The summed E-state index contributed by atoms with van der Waals surface area (Å²) in [5.41, 5.74) is 0.888. The number of hydrogen-bond donors (Lipinski definition) is 2. The molecule has 3 aromatic carbocycles. The lowest BCUT2D eigenvalue weighted by Gasteiger charge is -2.30. The summed E-state index contributed by atoms with van der Waals surface area (Å²) in [7, 11) is 2.54. The monoisotopic (exact) mass is 921 g/mol. The van der Waals surface area contributed by atoms with Crippen LogP contribution in [0, 0.1) is 0 Å². The lowest BCUT2D eigenvalue weighted by molar-refractivity contribution is 0.0586. The number of hydrogen-bond acceptors (Lipinski definition) is 18. The van der Waals surface area contributed by atoms with Gasteiger partial charge in [-0.2, -0.15) is 0 Å². The Morgan fingerprint density at radius 3 is 1.71 bits per heavy atom. The summed E-state index contributed by atoms with van der Waals surface area (Å²) >= 11 is 1.07. The van der Waals surface area contributed by atoms with Crippen LogP contribution in [0.4, 0.5) is 5.13 Å². The second-order valence-corrected chi connectivity index (χ2v) is 15.4. The van der Waals surface area contributed by atoms with Crippen molar-refractivity contribution in [3.05, 3.63) is 120 Å². The molecule has 1 aliphatic heterocycles. The number of benzene rings is 3. The third-order valence-electron chi connectivity index (χ3n) is 8.65. The van der Waals surface area contributed by atoms with Crippen molar-refractivity contribution in [2.45, 2.75) is 46.3 Å². The number of carboxylic acid groups (broad SMARTS) is 1. The first-order valence-corrected chi connectivity index (χ1v) is 20.9. The van der Waals surface area contributed by atoms with Gasteiger partial charge in [0, 0.05) is 30.8 Å². The zero-order valence-corrected chi connectivity index (χ0v) is 37.2. The lowest BCUT2D eigenvalue weighted by Crippen LogP contribution is -2.42. The summed E-state index contributed by atoms with van der Waals surface area (Å²) in [6, 6.07) is 15.4. The Morgan fingerprint density at radius 1 is 0.621 bits per heavy atom. The van der Waals surface area contributed by atoms with Crippen molar-refractivity contribution in [3.63, 3.8) is 0 Å². The van der Waals surface area contributed by atoms with Crippen LogP contribution in [-0.2, 0) is 9.47 Å². The first-order chi connectivity index (χ1) is 31.7. The zero-order valence-electron chi connectivity index (χ0n) is 36.4. The molecule has 1 saturated heterocycles. The molecule has 0 atom stereocenters. The van der Waals surface area contributed by atoms with Crippen molar-refractivity contribution in [2.24, 2.45) is 0 Å². The Morgan fingerprint density at radius 2 is 1.18 bits per heavy atom. The highest BCUT2D eigenvalue weighted by Gasteiger charge is 2.23. The fourth-order valence-corrected chi connectivity index (χ4v) is 6.31. The number of carboxylic acids is 1. The van der Waals surface area contributed by atoms with Gasteiger partial charge in [-0.05, 0) is 76.6 Å². The van der Waals surface area contributed by atoms with Gasteiger partial charge in [0.1, 0.15) is 34.4 Å². The first kappa shape index (κ1) is 47.3. The average Bonchev–Trinajstić information content (AvgIpc) is 3.71. The Hall–Kier alpha value is -8.20. The molecule has 6 aromatic rings. The number of nitrogens with one attached hydrogen (secondary N) is 1. The number of nitrogens with zero attached hydrogens (tertiary/aromatic N) is 6. The number of ether oxygens (including phenoxy) is 7. The number of methoxy groups -OCH3 is 2. The zero-order chi connectivity index (χ0) is 47.3. The molecule has 0 saturated carbocycles. The van der Waals surface area contributed by atoms with Crippen molar-refractivity contribution in [2.75, 3.05) is 32.6 Å². The van der Waals surface area contributed by atoms with Crippen molar-refractivity contribution in [3.8, 4) is 45.6 Å². The molecule has 3 aromatic heterocycles. The fraction of sp³-hybridized carbons (Fsp3) is 0.244. The Balaban J connectivity index is 0.000000247. The van der Waals surface area contributed by atoms with Gasteiger partial charge in [0.15, 0.2) is 10.8 Å². The van der Waals surface area contributed by atoms with E-state index in [0.29, 0.717) is 41.2 Å². The molecule has 1 fully saturated rings. The molecular formula is C45H43N7O13S. The quantitative estimate of drug-likeness (QED) is 0.0881. The molecule has 20 nitrogen and oxygen atoms in total. The lowest BCUT2D eigenvalue weighted by atomic mass is 10.2. The topological polar surface area (TPSA) is 250 Å². The van der Waals surface area contributed by atoms with E-state index in [-0.39, 0.29) is 68.8 Å². The number of aromatic nitrogens is 5. The molecule has 4 heterocycles. The van der Waals surface area contributed by atoms with Crippen molar-refractivity contribution in [1.82, 2.24) is 29.8 Å². The maximum atomic E-state index is 13.1. The van der Waals surface area contributed by atoms with E-state index >= 15 is 0 Å². The van der Waals surface area contributed by atoms with Crippen LogP contribution in [0.5, 0.6) is 45.6 Å². The van der Waals surface area contributed by atoms with Crippen LogP contribution in [0.3, 0.4) is 0 Å². The molecule has 1 aliphatic rings. The van der Waals surface area contributed by atoms with Crippen molar-refractivity contribution >= 4 is 46.2 Å². The Bertz CT molecular complexity index is 2690. The number of aromatic carboxylic acids is 1. The molecule has 7 rings (SSSR count). The van der Waals surface area contributed by atoms with Crippen LogP contribution < -0.4 is 29.0 Å². The largest absolute Gasteiger partial charge is 0.491 e. The van der Waals surface area contributed by atoms with Crippen LogP contribution in [0.1, 0.15) is 86.2 Å². The maximum absolute atomic E-state index is 13.1. The minimum absolute atomic E-state index is 0.0574. The predicted molar refractivity (Wildman–Crippen MR) is 235 cm³/mol. The van der Waals surface area contributed by atoms with E-state index in [0.717, 1.165) is 17.8 Å². The van der Waals surface area contributed by atoms with Gasteiger partial charge in [0.05, 0.1) is 68.5 Å². The number of carbonyl (C=O) groups is 5. The molecule has 342 valence electrons. The number of amides is 2. The standard InChI is InChI=1S/C28H25N5O7S.C17H18N2O6/c1-16(2)38-20-10-18(11-21(12-20)39-23-14-29-22(13-30-23)26(35)33-7-4-8-33)25(34)32-28-31-15-24(41-28)40-19-6-3-5-17(9-19)27(36)37;1-10(2)24-12-5-11(16(20)22-3)6-13(7-12)25-15-9-18-14(8-19-15)17(21)23-4/h3,5-6,9-16H,4,7-8H2,1-2H3,(H,36,37)(H,31,32,34);5-10H,1-4H3. The third kappa shape index (κ3) is 13.2. The van der Waals surface area contributed by atoms with Crippen LogP contribution in [-0.4, -0.2) is 104 Å². The van der Waals surface area contributed by atoms with Gasteiger partial charge in [0.25, 0.3) is 11.8 Å². The summed E-state index contributed by atoms with van der Waals surface area (Å²) < 4.78 is 37.8. The van der Waals surface area contributed by atoms with E-state index in [1.807, 2.05) is 27.7 Å². The first-order valence-electron chi connectivity index (χ1n) is 20.0. The SMILES string of the molecule is CC(C)Oc1cc(Oc2cnc(C(=O)N3CCC3)cn2)cc(C(=O)Nc2ncc(Oc3cccc(C(=O)O)c3)s2)c1.COC(=O)c1cc(Oc2cnc(C(=O)OC)cn2)cc(OC(C)C)c1. The predicted octanol–water partition coefficient (Wildman–Crippen LogP) is 7.73. The van der Waals surface area contributed by atoms with Gasteiger partial charge < -0.3 is 43.2 Å². The maximum Gasteiger partial charge on any atom is 0.358 e. The number of thiazole rings is 1. The number of anilines is 1. The minimum Gasteiger partial charge on any atom is -0.491 e. The molecule has 21 heteroatoms. The van der Waals surface area contributed by atoms with Crippen LogP contribution in [0.25, 0.3) is 0 Å².